The van der Waals surface area contributed by atoms with Crippen molar-refractivity contribution in [1.29, 1.82) is 0 Å². The highest BCUT2D eigenvalue weighted by Crippen LogP contribution is 2.31. The summed E-state index contributed by atoms with van der Waals surface area (Å²) in [4.78, 5) is 29.4. The predicted octanol–water partition coefficient (Wildman–Crippen LogP) is 2.51. The van der Waals surface area contributed by atoms with Gasteiger partial charge in [-0.25, -0.2) is 4.98 Å². The molecule has 32 heavy (non-hydrogen) atoms. The van der Waals surface area contributed by atoms with Crippen molar-refractivity contribution in [1.82, 2.24) is 19.3 Å². The van der Waals surface area contributed by atoms with Crippen molar-refractivity contribution >= 4 is 28.8 Å². The second-order valence-corrected chi connectivity index (χ2v) is 7.18. The molecule has 2 heterocycles. The second kappa shape index (κ2) is 10.1. The lowest BCUT2D eigenvalue weighted by atomic mass is 10.1. The molecule has 3 rings (SSSR count). The van der Waals surface area contributed by atoms with Crippen molar-refractivity contribution < 1.29 is 19.1 Å². The summed E-state index contributed by atoms with van der Waals surface area (Å²) in [7, 11) is 1.62. The van der Waals surface area contributed by atoms with E-state index in [1.807, 2.05) is 13.8 Å². The molecule has 0 saturated carbocycles. The van der Waals surface area contributed by atoms with Gasteiger partial charge in [0.2, 0.25) is 11.9 Å². The van der Waals surface area contributed by atoms with Crippen LogP contribution in [0.4, 0.5) is 5.95 Å². The Morgan fingerprint density at radius 2 is 2.06 bits per heavy atom. The van der Waals surface area contributed by atoms with E-state index in [1.165, 1.54) is 0 Å². The number of hydrogen-bond donors (Lipinski definition) is 2. The number of hydrogen-bond acceptors (Lipinski definition) is 6. The van der Waals surface area contributed by atoms with Crippen LogP contribution in [-0.4, -0.2) is 51.5 Å². The molecule has 10 heteroatoms. The van der Waals surface area contributed by atoms with Crippen molar-refractivity contribution in [2.24, 2.45) is 5.73 Å². The summed E-state index contributed by atoms with van der Waals surface area (Å²) in [5, 5.41) is 7.17. The Hall–Kier alpha value is -3.66. The molecule has 170 valence electrons. The van der Waals surface area contributed by atoms with Crippen molar-refractivity contribution in [3.05, 3.63) is 47.8 Å². The average molecular weight is 441 g/mol. The van der Waals surface area contributed by atoms with E-state index in [1.54, 1.807) is 40.6 Å². The van der Waals surface area contributed by atoms with Crippen LogP contribution in [0.15, 0.2) is 30.9 Å². The van der Waals surface area contributed by atoms with Crippen LogP contribution in [-0.2, 0) is 17.8 Å². The number of allylic oxidation sites excluding steroid dienone is 1. The minimum atomic E-state index is -0.597. The normalized spacial score (nSPS) is 11.0. The van der Waals surface area contributed by atoms with Gasteiger partial charge in [0.05, 0.1) is 17.8 Å². The summed E-state index contributed by atoms with van der Waals surface area (Å²) >= 11 is 0. The SMILES string of the molecule is C=CCn1c(NC(=O)c2cc(C)nn2CC)nc2cc(C(N)=O)cc(OCCCOC)c21. The number of carbonyl (C=O) groups excluding carboxylic acids is 2. The smallest absolute Gasteiger partial charge is 0.276 e. The number of amides is 2. The lowest BCUT2D eigenvalue weighted by Crippen LogP contribution is -2.20. The van der Waals surface area contributed by atoms with E-state index in [9.17, 15) is 9.59 Å². The summed E-state index contributed by atoms with van der Waals surface area (Å²) < 4.78 is 14.4. The Bertz CT molecular complexity index is 1150. The summed E-state index contributed by atoms with van der Waals surface area (Å²) in [5.41, 5.74) is 8.04. The lowest BCUT2D eigenvalue weighted by molar-refractivity contribution is 0.0995. The van der Waals surface area contributed by atoms with E-state index in [0.29, 0.717) is 61.1 Å². The number of nitrogens with two attached hydrogens (primary N) is 1. The van der Waals surface area contributed by atoms with Gasteiger partial charge in [-0.2, -0.15) is 5.10 Å². The Morgan fingerprint density at radius 1 is 1.28 bits per heavy atom. The maximum Gasteiger partial charge on any atom is 0.276 e. The van der Waals surface area contributed by atoms with Crippen LogP contribution in [0, 0.1) is 6.92 Å². The molecule has 0 spiro atoms. The molecule has 0 saturated heterocycles. The Morgan fingerprint density at radius 3 is 2.72 bits per heavy atom. The molecule has 0 unspecified atom stereocenters. The first-order valence-corrected chi connectivity index (χ1v) is 10.3. The van der Waals surface area contributed by atoms with Gasteiger partial charge in [-0.1, -0.05) is 6.08 Å². The largest absolute Gasteiger partial charge is 0.491 e. The van der Waals surface area contributed by atoms with Crippen molar-refractivity contribution in [3.8, 4) is 5.75 Å². The Balaban J connectivity index is 2.05. The zero-order chi connectivity index (χ0) is 23.3. The van der Waals surface area contributed by atoms with Gasteiger partial charge in [-0.15, -0.1) is 6.58 Å². The molecule has 1 aromatic carbocycles. The minimum Gasteiger partial charge on any atom is -0.491 e. The first-order chi connectivity index (χ1) is 15.4. The molecule has 0 radical (unpaired) electrons. The molecule has 3 N–H and O–H groups in total. The van der Waals surface area contributed by atoms with Gasteiger partial charge in [0.25, 0.3) is 5.91 Å². The molecular formula is C22H28N6O4. The van der Waals surface area contributed by atoms with Gasteiger partial charge in [0.1, 0.15) is 17.0 Å². The summed E-state index contributed by atoms with van der Waals surface area (Å²) in [6.45, 7) is 9.38. The third-order valence-corrected chi connectivity index (χ3v) is 4.81. The lowest BCUT2D eigenvalue weighted by Gasteiger charge is -2.12. The summed E-state index contributed by atoms with van der Waals surface area (Å²) in [5.74, 6) is -0.197. The fraction of sp³-hybridized carbons (Fsp3) is 0.364. The van der Waals surface area contributed by atoms with E-state index in [-0.39, 0.29) is 11.5 Å². The zero-order valence-corrected chi connectivity index (χ0v) is 18.6. The van der Waals surface area contributed by atoms with E-state index in [4.69, 9.17) is 15.2 Å². The molecule has 0 aliphatic carbocycles. The third-order valence-electron chi connectivity index (χ3n) is 4.81. The number of fused-ring (bicyclic) bond motifs is 1. The van der Waals surface area contributed by atoms with E-state index < -0.39 is 5.91 Å². The van der Waals surface area contributed by atoms with E-state index in [2.05, 4.69) is 22.0 Å². The standard InChI is InChI=1S/C22H28N6O4/c1-5-8-27-19-16(12-15(20(23)29)13-18(19)32-10-7-9-31-4)24-22(27)25-21(30)17-11-14(3)26-28(17)6-2/h5,11-13H,1,6-10H2,2-4H3,(H2,23,29)(H,24,25,30). The Labute approximate surface area is 186 Å². The van der Waals surface area contributed by atoms with Gasteiger partial charge in [0, 0.05) is 38.8 Å². The van der Waals surface area contributed by atoms with Crippen LogP contribution >= 0.6 is 0 Å². The number of imidazole rings is 1. The monoisotopic (exact) mass is 440 g/mol. The van der Waals surface area contributed by atoms with Crippen LogP contribution in [0.3, 0.4) is 0 Å². The van der Waals surface area contributed by atoms with Gasteiger partial charge in [0.15, 0.2) is 0 Å². The van der Waals surface area contributed by atoms with E-state index in [0.717, 1.165) is 5.69 Å². The number of carbonyl (C=O) groups is 2. The molecule has 0 fully saturated rings. The molecule has 3 aromatic rings. The van der Waals surface area contributed by atoms with Gasteiger partial charge < -0.3 is 19.8 Å². The Kier molecular flexibility index (Phi) is 7.26. The number of methoxy groups -OCH3 is 1. The quantitative estimate of drug-likeness (QED) is 0.348. The van der Waals surface area contributed by atoms with Gasteiger partial charge >= 0.3 is 0 Å². The van der Waals surface area contributed by atoms with Crippen LogP contribution in [0.5, 0.6) is 5.75 Å². The van der Waals surface area contributed by atoms with Crippen molar-refractivity contribution in [2.75, 3.05) is 25.6 Å². The van der Waals surface area contributed by atoms with Gasteiger partial charge in [-0.3, -0.25) is 19.6 Å². The van der Waals surface area contributed by atoms with Crippen LogP contribution in [0.1, 0.15) is 39.9 Å². The first kappa shape index (κ1) is 23.0. The maximum absolute atomic E-state index is 13.0. The predicted molar refractivity (Wildman–Crippen MR) is 121 cm³/mol. The van der Waals surface area contributed by atoms with Crippen LogP contribution < -0.4 is 15.8 Å². The fourth-order valence-electron chi connectivity index (χ4n) is 3.40. The molecule has 0 bridgehead atoms. The van der Waals surface area contributed by atoms with Crippen molar-refractivity contribution in [3.63, 3.8) is 0 Å². The summed E-state index contributed by atoms with van der Waals surface area (Å²) in [6, 6.07) is 4.88. The topological polar surface area (TPSA) is 126 Å². The summed E-state index contributed by atoms with van der Waals surface area (Å²) in [6.07, 6.45) is 2.35. The van der Waals surface area contributed by atoms with Crippen LogP contribution in [0.25, 0.3) is 11.0 Å². The highest BCUT2D eigenvalue weighted by atomic mass is 16.5. The van der Waals surface area contributed by atoms with E-state index >= 15 is 0 Å². The zero-order valence-electron chi connectivity index (χ0n) is 18.6. The highest BCUT2D eigenvalue weighted by molar-refractivity contribution is 6.04. The number of nitrogens with one attached hydrogen (secondary N) is 1. The minimum absolute atomic E-state index is 0.264. The highest BCUT2D eigenvalue weighted by Gasteiger charge is 2.21. The number of nitrogens with zero attached hydrogens (tertiary/aromatic N) is 4. The molecule has 2 amide bonds. The third kappa shape index (κ3) is 4.80. The number of aromatic nitrogens is 4. The number of rotatable bonds is 11. The second-order valence-electron chi connectivity index (χ2n) is 7.18. The number of aryl methyl sites for hydroxylation is 2. The number of primary amides is 1. The van der Waals surface area contributed by atoms with Gasteiger partial charge in [-0.05, 0) is 32.0 Å². The van der Waals surface area contributed by atoms with Crippen LogP contribution in [0.2, 0.25) is 0 Å². The molecule has 0 aliphatic heterocycles. The molecule has 2 aromatic heterocycles. The number of benzene rings is 1. The maximum atomic E-state index is 13.0. The first-order valence-electron chi connectivity index (χ1n) is 10.3. The molecule has 0 aliphatic rings. The molecule has 0 atom stereocenters. The number of anilines is 1. The average Bonchev–Trinajstić information content (AvgIpc) is 3.31. The molecule has 10 nitrogen and oxygen atoms in total. The number of ether oxygens (including phenoxy) is 2. The molecular weight excluding hydrogens is 412 g/mol. The van der Waals surface area contributed by atoms with Crippen molar-refractivity contribution in [2.45, 2.75) is 33.4 Å². The fourth-order valence-corrected chi connectivity index (χ4v) is 3.40.